The average molecular weight is 473 g/mol. The topological polar surface area (TPSA) is 29.7 Å². The highest BCUT2D eigenvalue weighted by atomic mass is 15.3. The Balaban J connectivity index is 1.36. The van der Waals surface area contributed by atoms with Crippen molar-refractivity contribution in [2.24, 2.45) is 4.99 Å². The maximum absolute atomic E-state index is 5.20. The van der Waals surface area contributed by atoms with Crippen LogP contribution in [0.1, 0.15) is 11.6 Å². The number of hydrogen-bond acceptors (Lipinski definition) is 2. The van der Waals surface area contributed by atoms with Crippen molar-refractivity contribution in [1.82, 2.24) is 0 Å². The standard InChI is InChI=1S/C34H22N3/c1-2-11-24(12-3-1)37-32-19-18-23(21-29(32)33-34(37)36-31-17-9-8-16-30(31)35-33)28-20-22-10-4-5-13-25(22)26-14-6-7-15-27(26)28/h1-21,33H/q-1. The van der Waals surface area contributed by atoms with E-state index in [2.05, 4.69) is 108 Å². The second-order valence-corrected chi connectivity index (χ2v) is 9.63. The summed E-state index contributed by atoms with van der Waals surface area (Å²) in [6, 6.07) is 45.0. The lowest BCUT2D eigenvalue weighted by molar-refractivity contribution is 1.10. The first-order valence-electron chi connectivity index (χ1n) is 12.6. The van der Waals surface area contributed by atoms with Gasteiger partial charge in [0.1, 0.15) is 5.84 Å². The number of fused-ring (bicyclic) bond motifs is 7. The molecule has 3 heteroatoms. The van der Waals surface area contributed by atoms with Crippen molar-refractivity contribution in [2.45, 2.75) is 6.04 Å². The zero-order chi connectivity index (χ0) is 24.3. The van der Waals surface area contributed by atoms with Gasteiger partial charge >= 0.3 is 0 Å². The predicted octanol–water partition coefficient (Wildman–Crippen LogP) is 9.60. The van der Waals surface area contributed by atoms with Gasteiger partial charge in [-0.15, -0.1) is 5.69 Å². The molecule has 0 N–H and O–H groups in total. The predicted molar refractivity (Wildman–Crippen MR) is 155 cm³/mol. The van der Waals surface area contributed by atoms with Crippen LogP contribution < -0.4 is 4.90 Å². The molecule has 37 heavy (non-hydrogen) atoms. The molecule has 0 saturated heterocycles. The zero-order valence-corrected chi connectivity index (χ0v) is 20.0. The van der Waals surface area contributed by atoms with E-state index in [4.69, 9.17) is 10.3 Å². The number of nitrogens with zero attached hydrogens (tertiary/aromatic N) is 3. The smallest absolute Gasteiger partial charge is 0.104 e. The highest BCUT2D eigenvalue weighted by Gasteiger charge is 2.33. The molecule has 0 radical (unpaired) electrons. The molecule has 2 aliphatic heterocycles. The van der Waals surface area contributed by atoms with Gasteiger partial charge in [-0.25, -0.2) is 4.99 Å². The molecule has 2 heterocycles. The van der Waals surface area contributed by atoms with Crippen LogP contribution in [-0.2, 0) is 0 Å². The molecule has 1 atom stereocenters. The zero-order valence-electron chi connectivity index (χ0n) is 20.0. The van der Waals surface area contributed by atoms with Crippen molar-refractivity contribution in [2.75, 3.05) is 4.90 Å². The number of amidine groups is 1. The number of aliphatic imine (C=N–C) groups is 1. The van der Waals surface area contributed by atoms with E-state index in [0.29, 0.717) is 0 Å². The van der Waals surface area contributed by atoms with Gasteiger partial charge in [0.2, 0.25) is 0 Å². The lowest BCUT2D eigenvalue weighted by Crippen LogP contribution is -2.24. The fraction of sp³-hybridized carbons (Fsp3) is 0.0294. The molecular formula is C34H22N3-. The summed E-state index contributed by atoms with van der Waals surface area (Å²) in [5, 5.41) is 10.3. The first-order valence-corrected chi connectivity index (χ1v) is 12.6. The fourth-order valence-corrected chi connectivity index (χ4v) is 5.84. The summed E-state index contributed by atoms with van der Waals surface area (Å²) in [6.45, 7) is 0. The van der Waals surface area contributed by atoms with Crippen molar-refractivity contribution >= 4 is 50.1 Å². The summed E-state index contributed by atoms with van der Waals surface area (Å²) in [5.74, 6) is 0.959. The number of anilines is 2. The quantitative estimate of drug-likeness (QED) is 0.231. The van der Waals surface area contributed by atoms with Crippen LogP contribution in [0, 0.1) is 0 Å². The van der Waals surface area contributed by atoms with Crippen molar-refractivity contribution in [3.8, 4) is 11.1 Å². The molecule has 0 aliphatic carbocycles. The first-order chi connectivity index (χ1) is 18.3. The Kier molecular flexibility index (Phi) is 4.29. The highest BCUT2D eigenvalue weighted by Crippen LogP contribution is 2.53. The Morgan fingerprint density at radius 1 is 0.622 bits per heavy atom. The van der Waals surface area contributed by atoms with Gasteiger partial charge in [-0.05, 0) is 80.7 Å². The minimum absolute atomic E-state index is 0.142. The number of benzene rings is 6. The molecule has 0 bridgehead atoms. The largest absolute Gasteiger partial charge is 0.670 e. The summed E-state index contributed by atoms with van der Waals surface area (Å²) in [6.07, 6.45) is 0. The van der Waals surface area contributed by atoms with Crippen LogP contribution in [0.5, 0.6) is 0 Å². The van der Waals surface area contributed by atoms with Gasteiger partial charge in [-0.2, -0.15) is 0 Å². The Morgan fingerprint density at radius 2 is 1.35 bits per heavy atom. The van der Waals surface area contributed by atoms with Gasteiger partial charge in [0.15, 0.2) is 0 Å². The number of rotatable bonds is 2. The monoisotopic (exact) mass is 472 g/mol. The molecule has 0 fully saturated rings. The molecule has 2 aliphatic rings. The molecule has 0 aromatic heterocycles. The number of para-hydroxylation sites is 3. The van der Waals surface area contributed by atoms with Crippen LogP contribution in [-0.4, -0.2) is 5.84 Å². The average Bonchev–Trinajstić information content (AvgIpc) is 3.28. The lowest BCUT2D eigenvalue weighted by Gasteiger charge is -2.37. The lowest BCUT2D eigenvalue weighted by atomic mass is 9.92. The van der Waals surface area contributed by atoms with Crippen LogP contribution in [0.15, 0.2) is 132 Å². The first kappa shape index (κ1) is 20.3. The van der Waals surface area contributed by atoms with Crippen molar-refractivity contribution in [1.29, 1.82) is 0 Å². The van der Waals surface area contributed by atoms with Crippen molar-refractivity contribution < 1.29 is 0 Å². The minimum Gasteiger partial charge on any atom is -0.670 e. The molecule has 174 valence electrons. The Bertz CT molecular complexity index is 1870. The molecule has 0 spiro atoms. The van der Waals surface area contributed by atoms with E-state index in [1.807, 2.05) is 24.3 Å². The van der Waals surface area contributed by atoms with Gasteiger partial charge in [0.25, 0.3) is 0 Å². The molecule has 0 saturated carbocycles. The summed E-state index contributed by atoms with van der Waals surface area (Å²) in [7, 11) is 0. The van der Waals surface area contributed by atoms with E-state index in [0.717, 1.165) is 28.6 Å². The molecule has 8 rings (SSSR count). The van der Waals surface area contributed by atoms with E-state index in [1.165, 1.54) is 38.2 Å². The number of hydrogen-bond donors (Lipinski definition) is 0. The Morgan fingerprint density at radius 3 is 2.24 bits per heavy atom. The van der Waals surface area contributed by atoms with Crippen LogP contribution in [0.2, 0.25) is 0 Å². The van der Waals surface area contributed by atoms with Crippen LogP contribution in [0.25, 0.3) is 38.0 Å². The molecule has 3 nitrogen and oxygen atoms in total. The molecule has 6 aromatic rings. The maximum atomic E-state index is 5.20. The van der Waals surface area contributed by atoms with Gasteiger partial charge in [0.05, 0.1) is 5.69 Å². The molecule has 0 amide bonds. The van der Waals surface area contributed by atoms with E-state index >= 15 is 0 Å². The second-order valence-electron chi connectivity index (χ2n) is 9.63. The molecule has 1 unspecified atom stereocenters. The summed E-state index contributed by atoms with van der Waals surface area (Å²) >= 11 is 0. The van der Waals surface area contributed by atoms with Crippen molar-refractivity contribution in [3.05, 3.63) is 138 Å². The summed E-state index contributed by atoms with van der Waals surface area (Å²) < 4.78 is 0. The summed E-state index contributed by atoms with van der Waals surface area (Å²) in [5.41, 5.74) is 7.73. The Labute approximate surface area is 215 Å². The van der Waals surface area contributed by atoms with Gasteiger partial charge < -0.3 is 5.32 Å². The third-order valence-corrected chi connectivity index (χ3v) is 7.52. The van der Waals surface area contributed by atoms with Crippen LogP contribution in [0.4, 0.5) is 22.7 Å². The van der Waals surface area contributed by atoms with Gasteiger partial charge in [-0.3, -0.25) is 4.90 Å². The summed E-state index contributed by atoms with van der Waals surface area (Å²) in [4.78, 5) is 7.39. The van der Waals surface area contributed by atoms with Crippen molar-refractivity contribution in [3.63, 3.8) is 0 Å². The van der Waals surface area contributed by atoms with E-state index in [-0.39, 0.29) is 6.04 Å². The molecule has 6 aromatic carbocycles. The highest BCUT2D eigenvalue weighted by molar-refractivity contribution is 6.18. The van der Waals surface area contributed by atoms with E-state index in [1.54, 1.807) is 0 Å². The third kappa shape index (κ3) is 3.04. The fourth-order valence-electron chi connectivity index (χ4n) is 5.84. The minimum atomic E-state index is -0.142. The van der Waals surface area contributed by atoms with Gasteiger partial charge in [0, 0.05) is 11.4 Å². The Hall–Kier alpha value is -4.89. The van der Waals surface area contributed by atoms with E-state index < -0.39 is 0 Å². The second kappa shape index (κ2) is 7.81. The van der Waals surface area contributed by atoms with E-state index in [9.17, 15) is 0 Å². The normalized spacial score (nSPS) is 15.6. The SMILES string of the molecule is c1ccc(N2C3=Nc4ccccc4[N-]C3c3cc(-c4cc5ccccc5c5ccccc45)ccc32)cc1. The molecular weight excluding hydrogens is 450 g/mol. The third-order valence-electron chi connectivity index (χ3n) is 7.52. The maximum Gasteiger partial charge on any atom is 0.104 e. The van der Waals surface area contributed by atoms with Gasteiger partial charge in [-0.1, -0.05) is 91.0 Å². The van der Waals surface area contributed by atoms with Crippen LogP contribution >= 0.6 is 0 Å². The van der Waals surface area contributed by atoms with Crippen LogP contribution in [0.3, 0.4) is 0 Å².